The predicted molar refractivity (Wildman–Crippen MR) is 109 cm³/mol. The quantitative estimate of drug-likeness (QED) is 0.453. The number of carbonyl (C=O) groups is 3. The number of alkyl carbamates (subject to hydrolysis) is 1. The molecule has 1 rings (SSSR count). The van der Waals surface area contributed by atoms with Crippen LogP contribution in [0.4, 0.5) is 4.79 Å². The Balaban J connectivity index is 2.50. The monoisotopic (exact) mass is 415 g/mol. The summed E-state index contributed by atoms with van der Waals surface area (Å²) in [6.45, 7) is 15.1. The first kappa shape index (κ1) is 25.2. The minimum atomic E-state index is -0.996. The number of nitrogens with zero attached hydrogens (tertiary/aromatic N) is 1. The number of amides is 1. The van der Waals surface area contributed by atoms with E-state index in [0.29, 0.717) is 13.2 Å². The third-order valence-electron chi connectivity index (χ3n) is 3.90. The van der Waals surface area contributed by atoms with Gasteiger partial charge in [0.05, 0.1) is 0 Å². The molecule has 2 N–H and O–H groups in total. The molecule has 9 nitrogen and oxygen atoms in total. The van der Waals surface area contributed by atoms with Gasteiger partial charge < -0.3 is 24.8 Å². The van der Waals surface area contributed by atoms with E-state index in [9.17, 15) is 14.4 Å². The van der Waals surface area contributed by atoms with E-state index in [4.69, 9.17) is 14.2 Å². The van der Waals surface area contributed by atoms with E-state index >= 15 is 0 Å². The smallest absolute Gasteiger partial charge is 0.408 e. The molecule has 168 valence electrons. The molecule has 0 aromatic rings. The van der Waals surface area contributed by atoms with Crippen LogP contribution in [-0.4, -0.2) is 79.5 Å². The molecule has 1 aliphatic heterocycles. The molecule has 0 aliphatic carbocycles. The van der Waals surface area contributed by atoms with Gasteiger partial charge >= 0.3 is 18.0 Å². The van der Waals surface area contributed by atoms with Gasteiger partial charge in [0, 0.05) is 39.1 Å². The van der Waals surface area contributed by atoms with E-state index in [0.717, 1.165) is 26.2 Å². The summed E-state index contributed by atoms with van der Waals surface area (Å²) in [6, 6.07) is -0.996. The van der Waals surface area contributed by atoms with Crippen molar-refractivity contribution >= 4 is 18.0 Å². The van der Waals surface area contributed by atoms with Gasteiger partial charge in [-0.1, -0.05) is 0 Å². The van der Waals surface area contributed by atoms with Crippen molar-refractivity contribution in [3.8, 4) is 0 Å². The Hall–Kier alpha value is -1.87. The third-order valence-corrected chi connectivity index (χ3v) is 3.90. The standard InChI is InChI=1S/C20H37N3O6/c1-19(2,3)28-17(25)15(22-18(26)29-20(4,5)6)7-8-16(24)27-14-13-23-11-9-21-10-12-23/h15,21H,7-14H2,1-6H3,(H,22,26)/t15-/m0/s1. The normalized spacial score (nSPS) is 16.6. The minimum absolute atomic E-state index is 0.0126. The molecule has 1 saturated heterocycles. The molecule has 0 aromatic carbocycles. The van der Waals surface area contributed by atoms with Crippen molar-refractivity contribution in [1.82, 2.24) is 15.5 Å². The number of ether oxygens (including phenoxy) is 3. The fourth-order valence-electron chi connectivity index (χ4n) is 2.63. The number of hydrogen-bond donors (Lipinski definition) is 2. The largest absolute Gasteiger partial charge is 0.464 e. The number of rotatable bonds is 8. The Labute approximate surface area is 173 Å². The lowest BCUT2D eigenvalue weighted by Gasteiger charge is -2.27. The van der Waals surface area contributed by atoms with Crippen LogP contribution in [0.2, 0.25) is 0 Å². The van der Waals surface area contributed by atoms with Gasteiger partial charge in [0.1, 0.15) is 23.9 Å². The van der Waals surface area contributed by atoms with E-state index in [2.05, 4.69) is 15.5 Å². The molecule has 0 bridgehead atoms. The predicted octanol–water partition coefficient (Wildman–Crippen LogP) is 1.45. The van der Waals surface area contributed by atoms with Gasteiger partial charge in [-0.2, -0.15) is 0 Å². The van der Waals surface area contributed by atoms with E-state index in [1.54, 1.807) is 41.5 Å². The van der Waals surface area contributed by atoms with Crippen molar-refractivity contribution in [2.24, 2.45) is 0 Å². The summed E-state index contributed by atoms with van der Waals surface area (Å²) in [4.78, 5) is 38.8. The molecule has 0 saturated carbocycles. The lowest BCUT2D eigenvalue weighted by Crippen LogP contribution is -2.46. The van der Waals surface area contributed by atoms with Crippen LogP contribution in [0.1, 0.15) is 54.4 Å². The fourth-order valence-corrected chi connectivity index (χ4v) is 2.63. The minimum Gasteiger partial charge on any atom is -0.464 e. The molecule has 1 atom stereocenters. The van der Waals surface area contributed by atoms with Crippen LogP contribution in [0.3, 0.4) is 0 Å². The second kappa shape index (κ2) is 11.3. The molecule has 1 fully saturated rings. The maximum Gasteiger partial charge on any atom is 0.408 e. The lowest BCUT2D eigenvalue weighted by atomic mass is 10.1. The summed E-state index contributed by atoms with van der Waals surface area (Å²) < 4.78 is 15.8. The maximum atomic E-state index is 12.4. The zero-order chi connectivity index (χ0) is 22.1. The van der Waals surface area contributed by atoms with Crippen LogP contribution < -0.4 is 10.6 Å². The second-order valence-corrected chi connectivity index (χ2v) is 9.08. The van der Waals surface area contributed by atoms with E-state index < -0.39 is 35.3 Å². The Bertz CT molecular complexity index is 547. The topological polar surface area (TPSA) is 106 Å². The van der Waals surface area contributed by atoms with Crippen molar-refractivity contribution in [2.45, 2.75) is 71.6 Å². The summed E-state index contributed by atoms with van der Waals surface area (Å²) in [7, 11) is 0. The number of nitrogens with one attached hydrogen (secondary N) is 2. The first-order chi connectivity index (χ1) is 13.4. The fraction of sp³-hybridized carbons (Fsp3) is 0.850. The lowest BCUT2D eigenvalue weighted by molar-refractivity contribution is -0.158. The Morgan fingerprint density at radius 2 is 1.59 bits per heavy atom. The van der Waals surface area contributed by atoms with Crippen molar-refractivity contribution in [3.63, 3.8) is 0 Å². The molecule has 9 heteroatoms. The van der Waals surface area contributed by atoms with Crippen LogP contribution in [-0.2, 0) is 23.8 Å². The van der Waals surface area contributed by atoms with Gasteiger partial charge in [0.15, 0.2) is 0 Å². The van der Waals surface area contributed by atoms with Crippen LogP contribution >= 0.6 is 0 Å². The molecular formula is C20H37N3O6. The van der Waals surface area contributed by atoms with Gasteiger partial charge in [-0.3, -0.25) is 9.69 Å². The van der Waals surface area contributed by atoms with Crippen molar-refractivity contribution in [2.75, 3.05) is 39.3 Å². The molecule has 1 aliphatic rings. The van der Waals surface area contributed by atoms with E-state index in [1.165, 1.54) is 0 Å². The summed E-state index contributed by atoms with van der Waals surface area (Å²) in [5, 5.41) is 5.77. The van der Waals surface area contributed by atoms with Crippen molar-refractivity contribution in [3.05, 3.63) is 0 Å². The molecule has 1 heterocycles. The highest BCUT2D eigenvalue weighted by molar-refractivity contribution is 5.82. The highest BCUT2D eigenvalue weighted by Gasteiger charge is 2.29. The van der Waals surface area contributed by atoms with Crippen LogP contribution in [0.15, 0.2) is 0 Å². The first-order valence-corrected chi connectivity index (χ1v) is 10.2. The third kappa shape index (κ3) is 12.3. The molecule has 29 heavy (non-hydrogen) atoms. The second-order valence-electron chi connectivity index (χ2n) is 9.08. The zero-order valence-corrected chi connectivity index (χ0v) is 18.6. The SMILES string of the molecule is CC(C)(C)OC(=O)N[C@@H](CCC(=O)OCCN1CCNCC1)C(=O)OC(C)(C)C. The van der Waals surface area contributed by atoms with Crippen molar-refractivity contribution < 1.29 is 28.6 Å². The average Bonchev–Trinajstić information content (AvgIpc) is 2.56. The van der Waals surface area contributed by atoms with E-state index in [-0.39, 0.29) is 12.8 Å². The molecular weight excluding hydrogens is 378 g/mol. The van der Waals surface area contributed by atoms with Crippen molar-refractivity contribution in [1.29, 1.82) is 0 Å². The first-order valence-electron chi connectivity index (χ1n) is 10.2. The molecule has 0 aromatic heterocycles. The Kier molecular flexibility index (Phi) is 9.85. The average molecular weight is 416 g/mol. The molecule has 0 radical (unpaired) electrons. The summed E-state index contributed by atoms with van der Waals surface area (Å²) in [5.74, 6) is -1.03. The summed E-state index contributed by atoms with van der Waals surface area (Å²) in [6.07, 6.45) is -0.678. The maximum absolute atomic E-state index is 12.4. The van der Waals surface area contributed by atoms with Crippen LogP contribution in [0.5, 0.6) is 0 Å². The van der Waals surface area contributed by atoms with Crippen LogP contribution in [0, 0.1) is 0 Å². The highest BCUT2D eigenvalue weighted by Crippen LogP contribution is 2.13. The number of esters is 2. The number of carbonyl (C=O) groups excluding carboxylic acids is 3. The van der Waals surface area contributed by atoms with Gasteiger partial charge in [-0.15, -0.1) is 0 Å². The van der Waals surface area contributed by atoms with Gasteiger partial charge in [-0.05, 0) is 48.0 Å². The summed E-state index contributed by atoms with van der Waals surface area (Å²) >= 11 is 0. The number of piperazine rings is 1. The van der Waals surface area contributed by atoms with Crippen LogP contribution in [0.25, 0.3) is 0 Å². The summed E-state index contributed by atoms with van der Waals surface area (Å²) in [5.41, 5.74) is -1.42. The van der Waals surface area contributed by atoms with E-state index in [1.807, 2.05) is 0 Å². The molecule has 0 spiro atoms. The van der Waals surface area contributed by atoms with Gasteiger partial charge in [0.25, 0.3) is 0 Å². The van der Waals surface area contributed by atoms with Gasteiger partial charge in [0.2, 0.25) is 0 Å². The zero-order valence-electron chi connectivity index (χ0n) is 18.6. The Morgan fingerprint density at radius 1 is 1.00 bits per heavy atom. The molecule has 1 amide bonds. The number of hydrogen-bond acceptors (Lipinski definition) is 8. The van der Waals surface area contributed by atoms with Gasteiger partial charge in [-0.25, -0.2) is 9.59 Å². The Morgan fingerprint density at radius 3 is 2.14 bits per heavy atom. The molecule has 0 unspecified atom stereocenters. The highest BCUT2D eigenvalue weighted by atomic mass is 16.6.